The molecule has 202 valence electrons. The van der Waals surface area contributed by atoms with Crippen LogP contribution in [0.3, 0.4) is 0 Å². The summed E-state index contributed by atoms with van der Waals surface area (Å²) in [6, 6.07) is 12.5. The van der Waals surface area contributed by atoms with Gasteiger partial charge >= 0.3 is 0 Å². The molecule has 0 amide bonds. The van der Waals surface area contributed by atoms with Crippen molar-refractivity contribution in [1.82, 2.24) is 10.6 Å². The third-order valence-corrected chi connectivity index (χ3v) is 6.78. The fourth-order valence-electron chi connectivity index (χ4n) is 4.64. The molecule has 2 rings (SSSR count). The molecule has 0 aliphatic rings. The Labute approximate surface area is 220 Å². The van der Waals surface area contributed by atoms with Crippen LogP contribution in [-0.2, 0) is 19.3 Å². The van der Waals surface area contributed by atoms with Crippen molar-refractivity contribution in [3.63, 3.8) is 0 Å². The molecule has 0 aliphatic carbocycles. The predicted molar refractivity (Wildman–Crippen MR) is 152 cm³/mol. The first-order chi connectivity index (χ1) is 17.7. The lowest BCUT2D eigenvalue weighted by atomic mass is 9.96. The van der Waals surface area contributed by atoms with Gasteiger partial charge in [0, 0.05) is 5.56 Å². The van der Waals surface area contributed by atoms with Crippen LogP contribution >= 0.6 is 0 Å². The molecule has 0 heterocycles. The zero-order valence-electron chi connectivity index (χ0n) is 23.3. The van der Waals surface area contributed by atoms with Gasteiger partial charge in [-0.05, 0) is 94.0 Å². The van der Waals surface area contributed by atoms with Crippen LogP contribution in [0.15, 0.2) is 36.4 Å². The second-order valence-electron chi connectivity index (χ2n) is 9.52. The molecule has 0 aromatic heterocycles. The van der Waals surface area contributed by atoms with Crippen LogP contribution in [0.2, 0.25) is 0 Å². The minimum Gasteiger partial charge on any atom is -0.497 e. The average Bonchev–Trinajstić information content (AvgIpc) is 2.92. The van der Waals surface area contributed by atoms with Crippen molar-refractivity contribution in [3.05, 3.63) is 53.1 Å². The quantitative estimate of drug-likeness (QED) is 0.196. The van der Waals surface area contributed by atoms with Crippen molar-refractivity contribution in [1.29, 1.82) is 0 Å². The average molecular weight is 499 g/mol. The minimum atomic E-state index is 0.797. The third-order valence-electron chi connectivity index (χ3n) is 6.78. The number of hydrogen-bond acceptors (Lipinski definition) is 5. The fraction of sp³-hybridized carbons (Fsp3) is 0.613. The molecule has 0 bridgehead atoms. The first-order valence-electron chi connectivity index (χ1n) is 14.0. The predicted octanol–water partition coefficient (Wildman–Crippen LogP) is 6.36. The second-order valence-corrected chi connectivity index (χ2v) is 9.52. The Bertz CT molecular complexity index is 841. The smallest absolute Gasteiger partial charge is 0.164 e. The van der Waals surface area contributed by atoms with Gasteiger partial charge in [-0.2, -0.15) is 0 Å². The van der Waals surface area contributed by atoms with E-state index in [1.54, 1.807) is 21.3 Å². The molecule has 0 saturated heterocycles. The van der Waals surface area contributed by atoms with Crippen molar-refractivity contribution in [3.8, 4) is 17.2 Å². The Hall–Kier alpha value is -2.24. The summed E-state index contributed by atoms with van der Waals surface area (Å²) in [5, 5.41) is 7.22. The third kappa shape index (κ3) is 11.2. The van der Waals surface area contributed by atoms with Crippen molar-refractivity contribution >= 4 is 0 Å². The molecule has 2 aromatic carbocycles. The standard InChI is InChI=1S/C31H50N2O3/c1-5-6-7-10-21-32-22-11-8-9-12-23-33-24-20-27-17-19-30(35-3)31(36-4)29(27)18-16-26-14-13-15-28(25-26)34-2/h13-15,17,19,25,32-33H,5-12,16,18,20-24H2,1-4H3. The summed E-state index contributed by atoms with van der Waals surface area (Å²) < 4.78 is 16.8. The molecule has 0 atom stereocenters. The topological polar surface area (TPSA) is 51.8 Å². The maximum atomic E-state index is 5.79. The molecule has 0 fully saturated rings. The number of hydrogen-bond donors (Lipinski definition) is 2. The van der Waals surface area contributed by atoms with E-state index >= 15 is 0 Å². The van der Waals surface area contributed by atoms with Gasteiger partial charge in [0.05, 0.1) is 21.3 Å². The first kappa shape index (κ1) is 30.0. The summed E-state index contributed by atoms with van der Waals surface area (Å²) in [4.78, 5) is 0. The van der Waals surface area contributed by atoms with E-state index in [0.29, 0.717) is 0 Å². The van der Waals surface area contributed by atoms with Crippen LogP contribution in [0.1, 0.15) is 75.0 Å². The SMILES string of the molecule is CCCCCCNCCCCCCNCCc1ccc(OC)c(OC)c1CCc1cccc(OC)c1. The van der Waals surface area contributed by atoms with Crippen LogP contribution in [0.4, 0.5) is 0 Å². The Morgan fingerprint density at radius 1 is 0.639 bits per heavy atom. The number of rotatable bonds is 21. The van der Waals surface area contributed by atoms with Gasteiger partial charge < -0.3 is 24.8 Å². The summed E-state index contributed by atoms with van der Waals surface area (Å²) in [7, 11) is 5.15. The van der Waals surface area contributed by atoms with E-state index in [9.17, 15) is 0 Å². The number of methoxy groups -OCH3 is 3. The molecule has 5 nitrogen and oxygen atoms in total. The van der Waals surface area contributed by atoms with Gasteiger partial charge in [0.15, 0.2) is 11.5 Å². The molecular weight excluding hydrogens is 448 g/mol. The maximum absolute atomic E-state index is 5.79. The van der Waals surface area contributed by atoms with Crippen LogP contribution in [0.5, 0.6) is 17.2 Å². The van der Waals surface area contributed by atoms with Gasteiger partial charge in [-0.25, -0.2) is 0 Å². The van der Waals surface area contributed by atoms with E-state index < -0.39 is 0 Å². The molecule has 0 spiro atoms. The zero-order chi connectivity index (χ0) is 25.8. The highest BCUT2D eigenvalue weighted by Crippen LogP contribution is 2.34. The molecule has 2 N–H and O–H groups in total. The highest BCUT2D eigenvalue weighted by Gasteiger charge is 2.15. The van der Waals surface area contributed by atoms with E-state index in [-0.39, 0.29) is 0 Å². The number of benzene rings is 2. The van der Waals surface area contributed by atoms with E-state index in [0.717, 1.165) is 56.1 Å². The van der Waals surface area contributed by atoms with Gasteiger partial charge in [0.1, 0.15) is 5.75 Å². The van der Waals surface area contributed by atoms with Crippen LogP contribution in [-0.4, -0.2) is 47.5 Å². The lowest BCUT2D eigenvalue weighted by Gasteiger charge is -2.17. The molecule has 36 heavy (non-hydrogen) atoms. The second kappa shape index (κ2) is 18.9. The van der Waals surface area contributed by atoms with Gasteiger partial charge in [0.2, 0.25) is 0 Å². The Kier molecular flexibility index (Phi) is 15.8. The first-order valence-corrected chi connectivity index (χ1v) is 14.0. The van der Waals surface area contributed by atoms with E-state index in [1.165, 1.54) is 74.6 Å². The largest absolute Gasteiger partial charge is 0.497 e. The molecule has 0 aliphatic heterocycles. The van der Waals surface area contributed by atoms with Crippen LogP contribution < -0.4 is 24.8 Å². The lowest BCUT2D eigenvalue weighted by molar-refractivity contribution is 0.351. The highest BCUT2D eigenvalue weighted by molar-refractivity contribution is 5.51. The minimum absolute atomic E-state index is 0.797. The van der Waals surface area contributed by atoms with E-state index in [4.69, 9.17) is 14.2 Å². The van der Waals surface area contributed by atoms with E-state index in [1.807, 2.05) is 18.2 Å². The van der Waals surface area contributed by atoms with Gasteiger partial charge in [-0.15, -0.1) is 0 Å². The van der Waals surface area contributed by atoms with Crippen molar-refractivity contribution in [2.45, 2.75) is 77.6 Å². The Balaban J connectivity index is 1.73. The Morgan fingerprint density at radius 3 is 1.97 bits per heavy atom. The highest BCUT2D eigenvalue weighted by atomic mass is 16.5. The van der Waals surface area contributed by atoms with E-state index in [2.05, 4.69) is 35.8 Å². The van der Waals surface area contributed by atoms with Crippen LogP contribution in [0.25, 0.3) is 0 Å². The van der Waals surface area contributed by atoms with Gasteiger partial charge in [-0.1, -0.05) is 57.2 Å². The van der Waals surface area contributed by atoms with Crippen molar-refractivity contribution in [2.75, 3.05) is 47.5 Å². The zero-order valence-corrected chi connectivity index (χ0v) is 23.3. The number of nitrogens with one attached hydrogen (secondary N) is 2. The summed E-state index contributed by atoms with van der Waals surface area (Å²) >= 11 is 0. The molecular formula is C31H50N2O3. The molecule has 0 saturated carbocycles. The van der Waals surface area contributed by atoms with Crippen molar-refractivity contribution < 1.29 is 14.2 Å². The molecule has 2 aromatic rings. The molecule has 0 unspecified atom stereocenters. The number of aryl methyl sites for hydroxylation is 1. The monoisotopic (exact) mass is 498 g/mol. The van der Waals surface area contributed by atoms with Gasteiger partial charge in [-0.3, -0.25) is 0 Å². The van der Waals surface area contributed by atoms with Crippen LogP contribution in [0, 0.1) is 0 Å². The molecule has 0 radical (unpaired) electrons. The summed E-state index contributed by atoms with van der Waals surface area (Å²) in [6.07, 6.45) is 13.3. The van der Waals surface area contributed by atoms with Crippen molar-refractivity contribution in [2.24, 2.45) is 0 Å². The number of ether oxygens (including phenoxy) is 3. The summed E-state index contributed by atoms with van der Waals surface area (Å²) in [5.41, 5.74) is 3.83. The molecule has 5 heteroatoms. The Morgan fingerprint density at radius 2 is 1.33 bits per heavy atom. The summed E-state index contributed by atoms with van der Waals surface area (Å²) in [6.45, 7) is 6.66. The normalized spacial score (nSPS) is 11.0. The summed E-state index contributed by atoms with van der Waals surface area (Å²) in [5.74, 6) is 2.55. The number of unbranched alkanes of at least 4 members (excludes halogenated alkanes) is 6. The lowest BCUT2D eigenvalue weighted by Crippen LogP contribution is -2.19. The fourth-order valence-corrected chi connectivity index (χ4v) is 4.64. The van der Waals surface area contributed by atoms with Gasteiger partial charge in [0.25, 0.3) is 0 Å². The maximum Gasteiger partial charge on any atom is 0.164 e.